The average Bonchev–Trinajstić information content (AvgIpc) is 2.80. The normalized spacial score (nSPS) is 14.8. The Kier molecular flexibility index (Phi) is 3.85. The number of ether oxygens (including phenoxy) is 1. The molecule has 22 heavy (non-hydrogen) atoms. The van der Waals surface area contributed by atoms with Crippen LogP contribution in [0.1, 0.15) is 27.4 Å². The third-order valence-electron chi connectivity index (χ3n) is 3.82. The third-order valence-corrected chi connectivity index (χ3v) is 3.82. The number of β-amino-alcohol motifs (C(OH)–C–C–N with tert-alkyl or cyclic N) is 1. The lowest BCUT2D eigenvalue weighted by Crippen LogP contribution is -2.53. The first-order chi connectivity index (χ1) is 10.6. The number of hydrogen-bond donors (Lipinski definition) is 1. The predicted octanol–water partition coefficient (Wildman–Crippen LogP) is 1.69. The number of likely N-dealkylation sites (tertiary alicyclic amines) is 1. The lowest BCUT2D eigenvalue weighted by Gasteiger charge is -2.36. The number of amides is 1. The highest BCUT2D eigenvalue weighted by molar-refractivity contribution is 5.97. The minimum absolute atomic E-state index is 0.125. The molecule has 3 rings (SSSR count). The number of aromatic nitrogens is 1. The number of benzene rings is 1. The van der Waals surface area contributed by atoms with E-state index >= 15 is 0 Å². The topological polar surface area (TPSA) is 75.8 Å². The van der Waals surface area contributed by atoms with Crippen LogP contribution in [0, 0.1) is 13.8 Å². The van der Waals surface area contributed by atoms with E-state index in [2.05, 4.69) is 5.16 Å². The van der Waals surface area contributed by atoms with Crippen molar-refractivity contribution in [3.8, 4) is 5.75 Å². The van der Waals surface area contributed by atoms with E-state index < -0.39 is 6.10 Å². The van der Waals surface area contributed by atoms with Crippen LogP contribution >= 0.6 is 0 Å². The van der Waals surface area contributed by atoms with Crippen LogP contribution in [0.3, 0.4) is 0 Å². The Balaban J connectivity index is 1.75. The summed E-state index contributed by atoms with van der Waals surface area (Å²) in [7, 11) is 0. The third kappa shape index (κ3) is 2.69. The Morgan fingerprint density at radius 1 is 1.41 bits per heavy atom. The summed E-state index contributed by atoms with van der Waals surface area (Å²) in [6, 6.07) is 7.12. The highest BCUT2D eigenvalue weighted by atomic mass is 16.5. The summed E-state index contributed by atoms with van der Waals surface area (Å²) in [5.41, 5.74) is 2.18. The molecule has 1 aromatic carbocycles. The Hall–Kier alpha value is -2.34. The number of carbonyl (C=O) groups excluding carboxylic acids is 1. The Morgan fingerprint density at radius 2 is 2.14 bits per heavy atom. The summed E-state index contributed by atoms with van der Waals surface area (Å²) in [4.78, 5) is 14.0. The fraction of sp³-hybridized carbons (Fsp3) is 0.375. The van der Waals surface area contributed by atoms with Gasteiger partial charge in [-0.15, -0.1) is 0 Å². The molecule has 1 fully saturated rings. The molecule has 116 valence electrons. The van der Waals surface area contributed by atoms with Gasteiger partial charge in [-0.25, -0.2) is 0 Å². The lowest BCUT2D eigenvalue weighted by atomic mass is 10.1. The molecule has 0 unspecified atom stereocenters. The molecule has 1 aliphatic rings. The molecule has 0 aliphatic carbocycles. The van der Waals surface area contributed by atoms with E-state index in [-0.39, 0.29) is 5.91 Å². The van der Waals surface area contributed by atoms with Gasteiger partial charge in [-0.05, 0) is 26.0 Å². The number of aliphatic hydroxyl groups excluding tert-OH is 1. The highest BCUT2D eigenvalue weighted by Crippen LogP contribution is 2.24. The smallest absolute Gasteiger partial charge is 0.257 e. The maximum Gasteiger partial charge on any atom is 0.257 e. The van der Waals surface area contributed by atoms with Crippen molar-refractivity contribution in [1.29, 1.82) is 0 Å². The average molecular weight is 302 g/mol. The second kappa shape index (κ2) is 5.81. The lowest BCUT2D eigenvalue weighted by molar-refractivity contribution is 0.00563. The van der Waals surface area contributed by atoms with Gasteiger partial charge >= 0.3 is 0 Å². The molecule has 0 spiro atoms. The molecule has 1 saturated heterocycles. The molecule has 0 radical (unpaired) electrons. The molecule has 0 bridgehead atoms. The number of carbonyl (C=O) groups is 1. The molecular weight excluding hydrogens is 284 g/mol. The number of para-hydroxylation sites is 1. The molecule has 1 aliphatic heterocycles. The van der Waals surface area contributed by atoms with Crippen molar-refractivity contribution in [1.82, 2.24) is 10.1 Å². The van der Waals surface area contributed by atoms with Crippen LogP contribution < -0.4 is 4.74 Å². The van der Waals surface area contributed by atoms with E-state index in [4.69, 9.17) is 9.26 Å². The van der Waals surface area contributed by atoms with Gasteiger partial charge in [-0.2, -0.15) is 0 Å². The van der Waals surface area contributed by atoms with Crippen LogP contribution in [-0.4, -0.2) is 40.3 Å². The molecule has 2 aromatic rings. The molecule has 6 heteroatoms. The van der Waals surface area contributed by atoms with Crippen molar-refractivity contribution in [2.45, 2.75) is 26.6 Å². The van der Waals surface area contributed by atoms with E-state index in [0.717, 1.165) is 11.3 Å². The van der Waals surface area contributed by atoms with Gasteiger partial charge in [0.15, 0.2) is 0 Å². The quantitative estimate of drug-likeness (QED) is 0.930. The molecule has 1 N–H and O–H groups in total. The number of rotatable bonds is 4. The summed E-state index contributed by atoms with van der Waals surface area (Å²) in [6.07, 6.45) is -0.417. The van der Waals surface area contributed by atoms with Gasteiger partial charge in [0, 0.05) is 13.1 Å². The van der Waals surface area contributed by atoms with Gasteiger partial charge in [-0.1, -0.05) is 17.3 Å². The number of hydrogen-bond acceptors (Lipinski definition) is 5. The van der Waals surface area contributed by atoms with Crippen LogP contribution in [0.2, 0.25) is 0 Å². The van der Waals surface area contributed by atoms with Gasteiger partial charge in [0.05, 0.1) is 22.9 Å². The van der Waals surface area contributed by atoms with Crippen molar-refractivity contribution in [2.75, 3.05) is 13.1 Å². The molecular formula is C16H18N2O4. The molecule has 0 saturated carbocycles. The zero-order valence-electron chi connectivity index (χ0n) is 12.6. The Labute approximate surface area is 128 Å². The van der Waals surface area contributed by atoms with Gasteiger partial charge in [-0.3, -0.25) is 4.79 Å². The second-order valence-electron chi connectivity index (χ2n) is 5.45. The first-order valence-electron chi connectivity index (χ1n) is 7.17. The molecule has 6 nitrogen and oxygen atoms in total. The molecule has 0 atom stereocenters. The van der Waals surface area contributed by atoms with Crippen LogP contribution in [0.5, 0.6) is 5.75 Å². The first-order valence-corrected chi connectivity index (χ1v) is 7.17. The first kappa shape index (κ1) is 14.6. The van der Waals surface area contributed by atoms with Gasteiger partial charge < -0.3 is 19.3 Å². The van der Waals surface area contributed by atoms with E-state index in [1.807, 2.05) is 19.9 Å². The summed E-state index contributed by atoms with van der Waals surface area (Å²) >= 11 is 0. The van der Waals surface area contributed by atoms with Gasteiger partial charge in [0.2, 0.25) is 0 Å². The van der Waals surface area contributed by atoms with Crippen LogP contribution in [-0.2, 0) is 6.61 Å². The van der Waals surface area contributed by atoms with Crippen LogP contribution in [0.15, 0.2) is 28.8 Å². The number of aliphatic hydroxyl groups is 1. The maximum absolute atomic E-state index is 12.4. The fourth-order valence-electron chi connectivity index (χ4n) is 2.42. The zero-order chi connectivity index (χ0) is 15.7. The van der Waals surface area contributed by atoms with Crippen LogP contribution in [0.4, 0.5) is 0 Å². The second-order valence-corrected chi connectivity index (χ2v) is 5.45. The zero-order valence-corrected chi connectivity index (χ0v) is 12.6. The van der Waals surface area contributed by atoms with Crippen molar-refractivity contribution < 1.29 is 19.2 Å². The summed E-state index contributed by atoms with van der Waals surface area (Å²) in [6.45, 7) is 4.73. The van der Waals surface area contributed by atoms with Crippen molar-refractivity contribution in [2.24, 2.45) is 0 Å². The van der Waals surface area contributed by atoms with E-state index in [0.29, 0.717) is 36.8 Å². The minimum Gasteiger partial charge on any atom is -0.488 e. The summed E-state index contributed by atoms with van der Waals surface area (Å²) in [5, 5.41) is 13.2. The highest BCUT2D eigenvalue weighted by Gasteiger charge is 2.30. The standard InChI is InChI=1S/C16H18N2O4/c1-10-14(11(2)22-17-10)9-21-15-6-4-3-5-13(15)16(20)18-7-12(19)8-18/h3-6,12,19H,7-9H2,1-2H3. The van der Waals surface area contributed by atoms with Crippen molar-refractivity contribution in [3.05, 3.63) is 46.8 Å². The monoisotopic (exact) mass is 302 g/mol. The van der Waals surface area contributed by atoms with Gasteiger partial charge in [0.25, 0.3) is 5.91 Å². The van der Waals surface area contributed by atoms with E-state index in [9.17, 15) is 9.90 Å². The largest absolute Gasteiger partial charge is 0.488 e. The van der Waals surface area contributed by atoms with Gasteiger partial charge in [0.1, 0.15) is 18.1 Å². The Bertz CT molecular complexity index is 670. The van der Waals surface area contributed by atoms with Crippen molar-refractivity contribution >= 4 is 5.91 Å². The predicted molar refractivity (Wildman–Crippen MR) is 78.7 cm³/mol. The fourth-order valence-corrected chi connectivity index (χ4v) is 2.42. The van der Waals surface area contributed by atoms with E-state index in [1.54, 1.807) is 23.1 Å². The molecule has 1 aromatic heterocycles. The SMILES string of the molecule is Cc1noc(C)c1COc1ccccc1C(=O)N1CC(O)C1. The number of nitrogens with zero attached hydrogens (tertiary/aromatic N) is 2. The van der Waals surface area contributed by atoms with Crippen molar-refractivity contribution in [3.63, 3.8) is 0 Å². The summed E-state index contributed by atoms with van der Waals surface area (Å²) in [5.74, 6) is 1.11. The maximum atomic E-state index is 12.4. The minimum atomic E-state index is -0.417. The molecule has 2 heterocycles. The van der Waals surface area contributed by atoms with E-state index in [1.165, 1.54) is 0 Å². The number of aryl methyl sites for hydroxylation is 2. The Morgan fingerprint density at radius 3 is 2.77 bits per heavy atom. The summed E-state index contributed by atoms with van der Waals surface area (Å²) < 4.78 is 10.9. The molecule has 1 amide bonds. The van der Waals surface area contributed by atoms with Crippen LogP contribution in [0.25, 0.3) is 0 Å².